The molecule has 1 nitrogen and oxygen atoms in total. The van der Waals surface area contributed by atoms with E-state index in [1.54, 1.807) is 18.2 Å². The van der Waals surface area contributed by atoms with Gasteiger partial charge in [-0.15, -0.1) is 11.6 Å². The molecular formula is C13H8Br2ClFO. The van der Waals surface area contributed by atoms with E-state index in [1.807, 2.05) is 12.1 Å². The van der Waals surface area contributed by atoms with Gasteiger partial charge in [-0.3, -0.25) is 0 Å². The summed E-state index contributed by atoms with van der Waals surface area (Å²) >= 11 is 12.3. The SMILES string of the molecule is Fc1cc(Oc2cc(Br)ccc2CCl)ccc1Br. The number of halogens is 4. The summed E-state index contributed by atoms with van der Waals surface area (Å²) in [5.74, 6) is 1.01. The first kappa shape index (κ1) is 13.8. The molecular weight excluding hydrogens is 386 g/mol. The van der Waals surface area contributed by atoms with Crippen LogP contribution >= 0.6 is 43.5 Å². The predicted octanol–water partition coefficient (Wildman–Crippen LogP) is 5.88. The van der Waals surface area contributed by atoms with Gasteiger partial charge < -0.3 is 4.74 Å². The van der Waals surface area contributed by atoms with Crippen LogP contribution in [0.2, 0.25) is 0 Å². The van der Waals surface area contributed by atoms with Crippen molar-refractivity contribution >= 4 is 43.5 Å². The Morgan fingerprint density at radius 1 is 1.11 bits per heavy atom. The van der Waals surface area contributed by atoms with Crippen molar-refractivity contribution in [2.45, 2.75) is 5.88 Å². The van der Waals surface area contributed by atoms with E-state index in [-0.39, 0.29) is 5.82 Å². The number of hydrogen-bond acceptors (Lipinski definition) is 1. The highest BCUT2D eigenvalue weighted by atomic mass is 79.9. The summed E-state index contributed by atoms with van der Waals surface area (Å²) in [5.41, 5.74) is 0.850. The van der Waals surface area contributed by atoms with Gasteiger partial charge in [-0.1, -0.05) is 22.0 Å². The van der Waals surface area contributed by atoms with E-state index < -0.39 is 0 Å². The van der Waals surface area contributed by atoms with Crippen molar-refractivity contribution in [2.75, 3.05) is 0 Å². The normalized spacial score (nSPS) is 10.4. The van der Waals surface area contributed by atoms with Crippen LogP contribution in [-0.4, -0.2) is 0 Å². The topological polar surface area (TPSA) is 9.23 Å². The first-order chi connectivity index (χ1) is 8.60. The summed E-state index contributed by atoms with van der Waals surface area (Å²) in [7, 11) is 0. The number of alkyl halides is 1. The Kier molecular flexibility index (Phi) is 4.65. The van der Waals surface area contributed by atoms with Crippen LogP contribution in [-0.2, 0) is 5.88 Å². The van der Waals surface area contributed by atoms with E-state index in [9.17, 15) is 4.39 Å². The quantitative estimate of drug-likeness (QED) is 0.591. The van der Waals surface area contributed by atoms with Crippen LogP contribution in [0.5, 0.6) is 11.5 Å². The Hall–Kier alpha value is -0.580. The van der Waals surface area contributed by atoms with E-state index in [4.69, 9.17) is 16.3 Å². The third kappa shape index (κ3) is 3.25. The molecule has 0 unspecified atom stereocenters. The van der Waals surface area contributed by atoms with Crippen LogP contribution in [0.25, 0.3) is 0 Å². The van der Waals surface area contributed by atoms with Crippen molar-refractivity contribution in [3.05, 3.63) is 56.7 Å². The molecule has 0 aliphatic carbocycles. The van der Waals surface area contributed by atoms with Crippen molar-refractivity contribution in [1.29, 1.82) is 0 Å². The van der Waals surface area contributed by atoms with Crippen molar-refractivity contribution in [1.82, 2.24) is 0 Å². The molecule has 2 aromatic carbocycles. The third-order valence-electron chi connectivity index (χ3n) is 2.29. The molecule has 0 radical (unpaired) electrons. The maximum absolute atomic E-state index is 13.4. The van der Waals surface area contributed by atoms with Crippen LogP contribution in [0, 0.1) is 5.82 Å². The lowest BCUT2D eigenvalue weighted by Gasteiger charge is -2.10. The standard InChI is InChI=1S/C13H8Br2ClFO/c14-9-2-1-8(7-16)13(5-9)18-10-3-4-11(15)12(17)6-10/h1-6H,7H2. The van der Waals surface area contributed by atoms with E-state index >= 15 is 0 Å². The van der Waals surface area contributed by atoms with Gasteiger partial charge in [0.2, 0.25) is 0 Å². The van der Waals surface area contributed by atoms with Gasteiger partial charge >= 0.3 is 0 Å². The van der Waals surface area contributed by atoms with E-state index in [0.717, 1.165) is 10.0 Å². The minimum absolute atomic E-state index is 0.335. The first-order valence-electron chi connectivity index (χ1n) is 5.07. The molecule has 0 bridgehead atoms. The molecule has 0 saturated heterocycles. The number of ether oxygens (including phenoxy) is 1. The van der Waals surface area contributed by atoms with Gasteiger partial charge in [0.1, 0.15) is 17.3 Å². The molecule has 18 heavy (non-hydrogen) atoms. The summed E-state index contributed by atoms with van der Waals surface area (Å²) in [6.45, 7) is 0. The molecule has 0 heterocycles. The van der Waals surface area contributed by atoms with Crippen LogP contribution in [0.3, 0.4) is 0 Å². The van der Waals surface area contributed by atoms with Crippen molar-refractivity contribution in [3.63, 3.8) is 0 Å². The summed E-state index contributed by atoms with van der Waals surface area (Å²) < 4.78 is 20.3. The van der Waals surface area contributed by atoms with Crippen LogP contribution in [0.15, 0.2) is 45.3 Å². The number of rotatable bonds is 3. The molecule has 5 heteroatoms. The van der Waals surface area contributed by atoms with Crippen molar-refractivity contribution in [2.24, 2.45) is 0 Å². The van der Waals surface area contributed by atoms with Crippen LogP contribution in [0.1, 0.15) is 5.56 Å². The number of hydrogen-bond donors (Lipinski definition) is 0. The molecule has 0 N–H and O–H groups in total. The van der Waals surface area contributed by atoms with Crippen LogP contribution in [0.4, 0.5) is 4.39 Å². The van der Waals surface area contributed by atoms with Gasteiger partial charge in [-0.25, -0.2) is 4.39 Å². The second-order valence-corrected chi connectivity index (χ2v) is 5.60. The minimum Gasteiger partial charge on any atom is -0.457 e. The molecule has 0 amide bonds. The lowest BCUT2D eigenvalue weighted by molar-refractivity contribution is 0.472. The molecule has 0 aliphatic heterocycles. The van der Waals surface area contributed by atoms with Crippen LogP contribution < -0.4 is 4.74 Å². The fourth-order valence-electron chi connectivity index (χ4n) is 1.40. The molecule has 94 valence electrons. The lowest BCUT2D eigenvalue weighted by atomic mass is 10.2. The molecule has 0 atom stereocenters. The van der Waals surface area contributed by atoms with E-state index in [0.29, 0.717) is 21.9 Å². The highest BCUT2D eigenvalue weighted by molar-refractivity contribution is 9.10. The Morgan fingerprint density at radius 3 is 2.56 bits per heavy atom. The highest BCUT2D eigenvalue weighted by Crippen LogP contribution is 2.31. The maximum atomic E-state index is 13.4. The molecule has 2 rings (SSSR count). The van der Waals surface area contributed by atoms with Gasteiger partial charge in [-0.05, 0) is 40.2 Å². The minimum atomic E-state index is -0.366. The van der Waals surface area contributed by atoms with Gasteiger partial charge in [0.15, 0.2) is 0 Å². The summed E-state index contributed by atoms with van der Waals surface area (Å²) in [6.07, 6.45) is 0. The largest absolute Gasteiger partial charge is 0.457 e. The van der Waals surface area contributed by atoms with E-state index in [1.165, 1.54) is 6.07 Å². The molecule has 0 aliphatic rings. The van der Waals surface area contributed by atoms with Crippen molar-refractivity contribution < 1.29 is 9.13 Å². The van der Waals surface area contributed by atoms with Gasteiger partial charge in [0.05, 0.1) is 10.4 Å². The Balaban J connectivity index is 2.33. The predicted molar refractivity (Wildman–Crippen MR) is 77.9 cm³/mol. The molecule has 0 fully saturated rings. The zero-order valence-electron chi connectivity index (χ0n) is 9.09. The average Bonchev–Trinajstić information content (AvgIpc) is 2.34. The molecule has 0 aromatic heterocycles. The summed E-state index contributed by atoms with van der Waals surface area (Å²) in [6, 6.07) is 10.2. The van der Waals surface area contributed by atoms with E-state index in [2.05, 4.69) is 31.9 Å². The highest BCUT2D eigenvalue weighted by Gasteiger charge is 2.07. The zero-order valence-corrected chi connectivity index (χ0v) is 13.0. The summed E-state index contributed by atoms with van der Waals surface area (Å²) in [4.78, 5) is 0. The Morgan fingerprint density at radius 2 is 1.89 bits per heavy atom. The third-order valence-corrected chi connectivity index (χ3v) is 3.72. The zero-order chi connectivity index (χ0) is 13.1. The Labute approximate surface area is 126 Å². The van der Waals surface area contributed by atoms with Gasteiger partial charge in [0, 0.05) is 16.1 Å². The monoisotopic (exact) mass is 392 g/mol. The lowest BCUT2D eigenvalue weighted by Crippen LogP contribution is -1.90. The molecule has 0 saturated carbocycles. The molecule has 0 spiro atoms. The molecule has 2 aromatic rings. The average molecular weight is 394 g/mol. The fourth-order valence-corrected chi connectivity index (χ4v) is 2.21. The Bertz CT molecular complexity index is 575. The summed E-state index contributed by atoms with van der Waals surface area (Å²) in [5, 5.41) is 0. The fraction of sp³-hybridized carbons (Fsp3) is 0.0769. The number of benzene rings is 2. The second-order valence-electron chi connectivity index (χ2n) is 3.56. The van der Waals surface area contributed by atoms with Crippen molar-refractivity contribution in [3.8, 4) is 11.5 Å². The van der Waals surface area contributed by atoms with Gasteiger partial charge in [-0.2, -0.15) is 0 Å². The smallest absolute Gasteiger partial charge is 0.141 e. The second kappa shape index (κ2) is 6.04. The van der Waals surface area contributed by atoms with Gasteiger partial charge in [0.25, 0.3) is 0 Å². The first-order valence-corrected chi connectivity index (χ1v) is 7.19. The maximum Gasteiger partial charge on any atom is 0.141 e.